The van der Waals surface area contributed by atoms with Crippen LogP contribution in [0.2, 0.25) is 0 Å². The Hall–Kier alpha value is -1.10. The van der Waals surface area contributed by atoms with Gasteiger partial charge in [0.15, 0.2) is 0 Å². The summed E-state index contributed by atoms with van der Waals surface area (Å²) in [7, 11) is 0. The molecule has 5 heteroatoms. The van der Waals surface area contributed by atoms with E-state index in [1.54, 1.807) is 0 Å². The zero-order valence-electron chi connectivity index (χ0n) is 21.2. The van der Waals surface area contributed by atoms with Crippen LogP contribution in [0.1, 0.15) is 79.6 Å². The molecule has 0 aliphatic heterocycles. The largest absolute Gasteiger partial charge is 0.463 e. The summed E-state index contributed by atoms with van der Waals surface area (Å²) in [6, 6.07) is 0. The maximum Gasteiger partial charge on any atom is 0.310 e. The molecule has 1 N–H and O–H groups in total. The highest BCUT2D eigenvalue weighted by atomic mass is 16.6. The maximum absolute atomic E-state index is 13.9. The van der Waals surface area contributed by atoms with E-state index in [2.05, 4.69) is 34.6 Å². The van der Waals surface area contributed by atoms with Gasteiger partial charge >= 0.3 is 11.9 Å². The van der Waals surface area contributed by atoms with Gasteiger partial charge in [-0.2, -0.15) is 0 Å². The molecule has 0 amide bonds. The van der Waals surface area contributed by atoms with E-state index in [-0.39, 0.29) is 59.8 Å². The van der Waals surface area contributed by atoms with Crippen molar-refractivity contribution in [2.45, 2.75) is 85.7 Å². The van der Waals surface area contributed by atoms with E-state index in [1.165, 1.54) is 12.8 Å². The van der Waals surface area contributed by atoms with Crippen molar-refractivity contribution in [3.05, 3.63) is 0 Å². The standard InChI is InChI=1S/C28H44O5/c1-6-15-12-16(7-2)22-19-14-18(21(15)22)23(25(30)32-11-10-29)24(19)26(31)33-20-13-17-8-9-28(20,5)27(17,3)4/h15-24,29H,6-14H2,1-5H3. The van der Waals surface area contributed by atoms with Gasteiger partial charge in [0.1, 0.15) is 12.7 Å². The second-order valence-corrected chi connectivity index (χ2v) is 12.8. The molecule has 0 aromatic carbocycles. The zero-order valence-corrected chi connectivity index (χ0v) is 21.2. The Morgan fingerprint density at radius 2 is 1.52 bits per heavy atom. The Morgan fingerprint density at radius 1 is 0.909 bits per heavy atom. The third-order valence-electron chi connectivity index (χ3n) is 11.9. The minimum atomic E-state index is -0.403. The number of ether oxygens (including phenoxy) is 2. The first kappa shape index (κ1) is 23.6. The second-order valence-electron chi connectivity index (χ2n) is 12.8. The van der Waals surface area contributed by atoms with Crippen LogP contribution in [-0.4, -0.2) is 36.4 Å². The lowest BCUT2D eigenvalue weighted by atomic mass is 9.65. The number of carbonyl (C=O) groups excluding carboxylic acids is 2. The average Bonchev–Trinajstić information content (AvgIpc) is 3.54. The third kappa shape index (κ3) is 3.19. The summed E-state index contributed by atoms with van der Waals surface area (Å²) in [6.45, 7) is 11.4. The van der Waals surface area contributed by atoms with E-state index in [1.807, 2.05) is 0 Å². The van der Waals surface area contributed by atoms with Crippen LogP contribution in [0.25, 0.3) is 0 Å². The summed E-state index contributed by atoms with van der Waals surface area (Å²) in [4.78, 5) is 27.1. The molecule has 0 spiro atoms. The third-order valence-corrected chi connectivity index (χ3v) is 11.9. The number of fused-ring (bicyclic) bond motifs is 7. The number of aliphatic hydroxyl groups excluding tert-OH is 1. The van der Waals surface area contributed by atoms with Gasteiger partial charge in [-0.05, 0) is 78.9 Å². The minimum Gasteiger partial charge on any atom is -0.463 e. The lowest BCUT2D eigenvalue weighted by Crippen LogP contribution is -2.46. The highest BCUT2D eigenvalue weighted by Crippen LogP contribution is 2.69. The predicted octanol–water partition coefficient (Wildman–Crippen LogP) is 4.85. The van der Waals surface area contributed by atoms with Crippen LogP contribution in [0.15, 0.2) is 0 Å². The molecule has 5 fully saturated rings. The molecule has 0 aromatic rings. The number of aliphatic hydroxyl groups is 1. The SMILES string of the molecule is CCC1CC(CC)C2C3CC(C(C(=O)OCCO)C3C(=O)OC3CC4CCC3(C)C4(C)C)C12. The number of rotatable bonds is 7. The Balaban J connectivity index is 1.41. The lowest BCUT2D eigenvalue weighted by molar-refractivity contribution is -0.175. The van der Waals surface area contributed by atoms with E-state index in [0.29, 0.717) is 29.6 Å². The van der Waals surface area contributed by atoms with Crippen molar-refractivity contribution in [1.29, 1.82) is 0 Å². The normalized spacial score (nSPS) is 48.8. The first-order valence-corrected chi connectivity index (χ1v) is 13.7. The van der Waals surface area contributed by atoms with Gasteiger partial charge in [-0.25, -0.2) is 0 Å². The number of esters is 2. The molecule has 5 aliphatic carbocycles. The molecular formula is C28H44O5. The fraction of sp³-hybridized carbons (Fsp3) is 0.929. The number of carbonyl (C=O) groups is 2. The predicted molar refractivity (Wildman–Crippen MR) is 125 cm³/mol. The maximum atomic E-state index is 13.9. The van der Waals surface area contributed by atoms with Crippen molar-refractivity contribution in [2.75, 3.05) is 13.2 Å². The van der Waals surface area contributed by atoms with Crippen LogP contribution in [0.3, 0.4) is 0 Å². The smallest absolute Gasteiger partial charge is 0.310 e. The van der Waals surface area contributed by atoms with Crippen molar-refractivity contribution in [3.8, 4) is 0 Å². The molecule has 186 valence electrons. The van der Waals surface area contributed by atoms with Crippen molar-refractivity contribution in [2.24, 2.45) is 64.1 Å². The fourth-order valence-corrected chi connectivity index (χ4v) is 9.83. The first-order chi connectivity index (χ1) is 15.7. The van der Waals surface area contributed by atoms with Gasteiger partial charge in [0.2, 0.25) is 0 Å². The molecule has 5 aliphatic rings. The van der Waals surface area contributed by atoms with Crippen LogP contribution >= 0.6 is 0 Å². The molecule has 4 bridgehead atoms. The number of hydrogen-bond acceptors (Lipinski definition) is 5. The highest BCUT2D eigenvalue weighted by molar-refractivity contribution is 5.84. The number of hydrogen-bond donors (Lipinski definition) is 1. The molecule has 11 unspecified atom stereocenters. The summed E-state index contributed by atoms with van der Waals surface area (Å²) in [5.41, 5.74) is 0.206. The van der Waals surface area contributed by atoms with Crippen molar-refractivity contribution < 1.29 is 24.2 Å². The summed E-state index contributed by atoms with van der Waals surface area (Å²) in [5.74, 6) is 2.22. The van der Waals surface area contributed by atoms with Crippen LogP contribution < -0.4 is 0 Å². The van der Waals surface area contributed by atoms with Gasteiger partial charge in [-0.1, -0.05) is 47.5 Å². The summed E-state index contributed by atoms with van der Waals surface area (Å²) in [6.07, 6.45) is 7.73. The van der Waals surface area contributed by atoms with Crippen molar-refractivity contribution in [3.63, 3.8) is 0 Å². The summed E-state index contributed by atoms with van der Waals surface area (Å²) in [5, 5.41) is 9.22. The van der Waals surface area contributed by atoms with Crippen molar-refractivity contribution in [1.82, 2.24) is 0 Å². The lowest BCUT2D eigenvalue weighted by Gasteiger charge is -2.41. The van der Waals surface area contributed by atoms with E-state index >= 15 is 0 Å². The molecule has 0 radical (unpaired) electrons. The van der Waals surface area contributed by atoms with Gasteiger partial charge < -0.3 is 14.6 Å². The Morgan fingerprint density at radius 3 is 2.00 bits per heavy atom. The van der Waals surface area contributed by atoms with Crippen LogP contribution in [0, 0.1) is 64.1 Å². The monoisotopic (exact) mass is 460 g/mol. The first-order valence-electron chi connectivity index (χ1n) is 13.7. The van der Waals surface area contributed by atoms with Crippen molar-refractivity contribution >= 4 is 11.9 Å². The Kier molecular flexibility index (Phi) is 5.90. The second kappa shape index (κ2) is 8.24. The Bertz CT molecular complexity index is 791. The zero-order chi connectivity index (χ0) is 23.7. The molecule has 0 aromatic heterocycles. The summed E-state index contributed by atoms with van der Waals surface area (Å²) < 4.78 is 11.8. The summed E-state index contributed by atoms with van der Waals surface area (Å²) >= 11 is 0. The fourth-order valence-electron chi connectivity index (χ4n) is 9.83. The molecule has 0 heterocycles. The van der Waals surface area contributed by atoms with Crippen LogP contribution in [-0.2, 0) is 19.1 Å². The molecule has 11 atom stereocenters. The molecule has 5 rings (SSSR count). The Labute approximate surface area is 199 Å². The molecular weight excluding hydrogens is 416 g/mol. The van der Waals surface area contributed by atoms with Crippen LogP contribution in [0.5, 0.6) is 0 Å². The van der Waals surface area contributed by atoms with E-state index in [9.17, 15) is 14.7 Å². The van der Waals surface area contributed by atoms with Gasteiger partial charge in [-0.3, -0.25) is 9.59 Å². The topological polar surface area (TPSA) is 72.8 Å². The van der Waals surface area contributed by atoms with E-state index < -0.39 is 5.92 Å². The van der Waals surface area contributed by atoms with E-state index in [4.69, 9.17) is 9.47 Å². The van der Waals surface area contributed by atoms with Crippen LogP contribution in [0.4, 0.5) is 0 Å². The average molecular weight is 461 g/mol. The van der Waals surface area contributed by atoms with E-state index in [0.717, 1.165) is 32.1 Å². The minimum absolute atomic E-state index is 0.00788. The molecule has 5 saturated carbocycles. The van der Waals surface area contributed by atoms with Gasteiger partial charge in [0, 0.05) is 5.41 Å². The molecule has 5 nitrogen and oxygen atoms in total. The van der Waals surface area contributed by atoms with Gasteiger partial charge in [0.25, 0.3) is 0 Å². The quantitative estimate of drug-likeness (QED) is 0.550. The van der Waals surface area contributed by atoms with Gasteiger partial charge in [-0.15, -0.1) is 0 Å². The molecule has 33 heavy (non-hydrogen) atoms. The highest BCUT2D eigenvalue weighted by Gasteiger charge is 2.68. The molecule has 0 saturated heterocycles. The van der Waals surface area contributed by atoms with Gasteiger partial charge in [0.05, 0.1) is 18.4 Å².